The van der Waals surface area contributed by atoms with E-state index in [0.29, 0.717) is 0 Å². The molecule has 0 fully saturated rings. The van der Waals surface area contributed by atoms with Gasteiger partial charge in [-0.3, -0.25) is 0 Å². The summed E-state index contributed by atoms with van der Waals surface area (Å²) in [6, 6.07) is 43.4. The number of benzene rings is 4. The maximum atomic E-state index is 2.43. The van der Waals surface area contributed by atoms with E-state index in [1.165, 1.54) is 27.1 Å². The van der Waals surface area contributed by atoms with E-state index in [9.17, 15) is 0 Å². The summed E-state index contributed by atoms with van der Waals surface area (Å²) in [6.45, 7) is 0. The largest absolute Gasteiger partial charge is 0.0711 e. The summed E-state index contributed by atoms with van der Waals surface area (Å²) in [5.41, 5.74) is 2.64. The Morgan fingerprint density at radius 3 is 1.46 bits per heavy atom. The molecule has 0 bridgehead atoms. The van der Waals surface area contributed by atoms with E-state index in [-0.39, 0.29) is 0 Å². The first kappa shape index (κ1) is 18.4. The van der Waals surface area contributed by atoms with Gasteiger partial charge in [-0.05, 0) is 41.4 Å². The first-order valence-corrected chi connectivity index (χ1v) is 11.0. The minimum Gasteiger partial charge on any atom is -0.0711 e. The first-order chi connectivity index (χ1) is 13.9. The van der Waals surface area contributed by atoms with Gasteiger partial charge in [0.05, 0.1) is 0 Å². The maximum absolute atomic E-state index is 2.43. The van der Waals surface area contributed by atoms with E-state index in [1.807, 2.05) is 0 Å². The summed E-state index contributed by atoms with van der Waals surface area (Å²) in [6.07, 6.45) is 3.36. The van der Waals surface area contributed by atoms with Crippen LogP contribution in [-0.2, 0) is 6.42 Å². The highest BCUT2D eigenvalue weighted by Crippen LogP contribution is 2.48. The lowest BCUT2D eigenvalue weighted by molar-refractivity contribution is 1.28. The third kappa shape index (κ3) is 4.47. The van der Waals surface area contributed by atoms with Crippen molar-refractivity contribution in [3.05, 3.63) is 139 Å². The topological polar surface area (TPSA) is 0 Å². The number of hydrogen-bond acceptors (Lipinski definition) is 0. The van der Waals surface area contributed by atoms with Crippen molar-refractivity contribution in [1.82, 2.24) is 0 Å². The summed E-state index contributed by atoms with van der Waals surface area (Å²) < 4.78 is 0. The average Bonchev–Trinajstić information content (AvgIpc) is 2.79. The summed E-state index contributed by atoms with van der Waals surface area (Å²) >= 11 is 0. The van der Waals surface area contributed by atoms with Crippen molar-refractivity contribution >= 4 is 23.8 Å². The van der Waals surface area contributed by atoms with Crippen LogP contribution >= 0.6 is 7.92 Å². The van der Waals surface area contributed by atoms with E-state index < -0.39 is 7.92 Å². The minimum atomic E-state index is -0.626. The van der Waals surface area contributed by atoms with E-state index in [0.717, 1.165) is 6.42 Å². The predicted molar refractivity (Wildman–Crippen MR) is 124 cm³/mol. The van der Waals surface area contributed by atoms with Crippen molar-refractivity contribution in [2.75, 3.05) is 0 Å². The quantitative estimate of drug-likeness (QED) is 0.340. The van der Waals surface area contributed by atoms with Crippen molar-refractivity contribution in [3.63, 3.8) is 0 Å². The standard InChI is InChI=1S/C27H23P/c1-5-13-23(14-6-1)21-22-27(24-15-7-2-8-16-24)28(25-17-9-3-10-18-25)26-19-11-4-12-20-26/h1-20,22H,21H2/b27-22+. The molecule has 0 N–H and O–H groups in total. The smallest absolute Gasteiger partial charge is 0.00876 e. The van der Waals surface area contributed by atoms with Crippen LogP contribution in [0.4, 0.5) is 0 Å². The molecule has 0 aromatic heterocycles. The van der Waals surface area contributed by atoms with Gasteiger partial charge in [-0.2, -0.15) is 0 Å². The molecule has 4 rings (SSSR count). The van der Waals surface area contributed by atoms with Gasteiger partial charge in [0.2, 0.25) is 0 Å². The molecule has 0 unspecified atom stereocenters. The lowest BCUT2D eigenvalue weighted by atomic mass is 10.1. The Kier molecular flexibility index (Phi) is 6.12. The van der Waals surface area contributed by atoms with Gasteiger partial charge >= 0.3 is 0 Å². The normalized spacial score (nSPS) is 11.5. The monoisotopic (exact) mass is 378 g/mol. The third-order valence-electron chi connectivity index (χ3n) is 4.71. The van der Waals surface area contributed by atoms with Crippen molar-refractivity contribution in [1.29, 1.82) is 0 Å². The zero-order valence-electron chi connectivity index (χ0n) is 15.8. The van der Waals surface area contributed by atoms with Crippen LogP contribution in [0.1, 0.15) is 11.1 Å². The first-order valence-electron chi connectivity index (χ1n) is 9.61. The van der Waals surface area contributed by atoms with Crippen molar-refractivity contribution in [3.8, 4) is 0 Å². The Labute approximate surface area is 169 Å². The molecule has 0 amide bonds. The second-order valence-electron chi connectivity index (χ2n) is 6.65. The van der Waals surface area contributed by atoms with Crippen LogP contribution in [0.15, 0.2) is 127 Å². The molecule has 1 heteroatoms. The van der Waals surface area contributed by atoms with Crippen LogP contribution < -0.4 is 10.6 Å². The highest BCUT2D eigenvalue weighted by Gasteiger charge is 2.19. The molecule has 0 heterocycles. The van der Waals surface area contributed by atoms with Crippen molar-refractivity contribution in [2.24, 2.45) is 0 Å². The van der Waals surface area contributed by atoms with Crippen LogP contribution in [0.2, 0.25) is 0 Å². The Morgan fingerprint density at radius 1 is 0.536 bits per heavy atom. The maximum Gasteiger partial charge on any atom is -0.00876 e. The molecule has 0 aliphatic rings. The van der Waals surface area contributed by atoms with Crippen LogP contribution in [-0.4, -0.2) is 0 Å². The minimum absolute atomic E-state index is 0.626. The lowest BCUT2D eigenvalue weighted by Gasteiger charge is -2.23. The van der Waals surface area contributed by atoms with E-state index >= 15 is 0 Å². The van der Waals surface area contributed by atoms with Crippen LogP contribution in [0, 0.1) is 0 Å². The molecule has 0 spiro atoms. The SMILES string of the molecule is C(/Cc1ccccc1)=C(/c1ccccc1)P(c1ccccc1)c1ccccc1. The summed E-state index contributed by atoms with van der Waals surface area (Å²) in [7, 11) is -0.626. The zero-order chi connectivity index (χ0) is 19.0. The summed E-state index contributed by atoms with van der Waals surface area (Å²) in [5.74, 6) is 0. The molecule has 0 nitrogen and oxygen atoms in total. The third-order valence-corrected chi connectivity index (χ3v) is 7.26. The molecular weight excluding hydrogens is 355 g/mol. The van der Waals surface area contributed by atoms with Gasteiger partial charge in [-0.1, -0.05) is 127 Å². The number of hydrogen-bond donors (Lipinski definition) is 0. The average molecular weight is 378 g/mol. The fraction of sp³-hybridized carbons (Fsp3) is 0.0370. The molecule has 0 saturated carbocycles. The molecule has 4 aromatic rings. The predicted octanol–water partition coefficient (Wildman–Crippen LogP) is 6.40. The van der Waals surface area contributed by atoms with Gasteiger partial charge in [-0.25, -0.2) is 0 Å². The van der Waals surface area contributed by atoms with Crippen molar-refractivity contribution in [2.45, 2.75) is 6.42 Å². The highest BCUT2D eigenvalue weighted by molar-refractivity contribution is 7.82. The van der Waals surface area contributed by atoms with Gasteiger partial charge in [-0.15, -0.1) is 0 Å². The van der Waals surface area contributed by atoms with Gasteiger partial charge in [0.15, 0.2) is 0 Å². The Bertz CT molecular complexity index is 967. The highest BCUT2D eigenvalue weighted by atomic mass is 31.1. The van der Waals surface area contributed by atoms with Crippen LogP contribution in [0.25, 0.3) is 5.31 Å². The molecule has 0 radical (unpaired) electrons. The van der Waals surface area contributed by atoms with E-state index in [1.54, 1.807) is 0 Å². The molecule has 4 aromatic carbocycles. The van der Waals surface area contributed by atoms with E-state index in [4.69, 9.17) is 0 Å². The second kappa shape index (κ2) is 9.31. The van der Waals surface area contributed by atoms with Gasteiger partial charge < -0.3 is 0 Å². The second-order valence-corrected chi connectivity index (χ2v) is 8.84. The molecule has 28 heavy (non-hydrogen) atoms. The van der Waals surface area contributed by atoms with Crippen LogP contribution in [0.3, 0.4) is 0 Å². The van der Waals surface area contributed by atoms with Crippen LogP contribution in [0.5, 0.6) is 0 Å². The molecule has 0 aliphatic heterocycles. The number of rotatable bonds is 6. The fourth-order valence-corrected chi connectivity index (χ4v) is 5.83. The van der Waals surface area contributed by atoms with Crippen molar-refractivity contribution < 1.29 is 0 Å². The Morgan fingerprint density at radius 2 is 0.964 bits per heavy atom. The van der Waals surface area contributed by atoms with E-state index in [2.05, 4.69) is 127 Å². The molecular formula is C27H23P. The van der Waals surface area contributed by atoms with Gasteiger partial charge in [0, 0.05) is 0 Å². The molecule has 0 atom stereocenters. The summed E-state index contributed by atoms with van der Waals surface area (Å²) in [4.78, 5) is 0. The molecule has 0 aliphatic carbocycles. The molecule has 136 valence electrons. The van der Waals surface area contributed by atoms with Gasteiger partial charge in [0.25, 0.3) is 0 Å². The summed E-state index contributed by atoms with van der Waals surface area (Å²) in [5, 5.41) is 4.18. The Hall–Kier alpha value is -2.95. The lowest BCUT2D eigenvalue weighted by Crippen LogP contribution is -2.12. The number of allylic oxidation sites excluding steroid dienone is 1. The zero-order valence-corrected chi connectivity index (χ0v) is 16.7. The fourth-order valence-electron chi connectivity index (χ4n) is 3.36. The Balaban J connectivity index is 1.84. The molecule has 0 saturated heterocycles. The van der Waals surface area contributed by atoms with Gasteiger partial charge in [0.1, 0.15) is 0 Å².